The van der Waals surface area contributed by atoms with E-state index in [4.69, 9.17) is 0 Å². The molecule has 5 nitrogen and oxygen atoms in total. The summed E-state index contributed by atoms with van der Waals surface area (Å²) in [5.41, 5.74) is 0.971. The van der Waals surface area contributed by atoms with Crippen molar-refractivity contribution in [2.24, 2.45) is 0 Å². The molecule has 1 amide bonds. The molecule has 0 fully saturated rings. The molecule has 0 heterocycles. The Morgan fingerprint density at radius 2 is 1.57 bits per heavy atom. The third-order valence-corrected chi connectivity index (χ3v) is 5.44. The molecule has 0 spiro atoms. The van der Waals surface area contributed by atoms with Crippen molar-refractivity contribution in [2.75, 3.05) is 13.2 Å². The first-order valence-electron chi connectivity index (χ1n) is 10.1. The van der Waals surface area contributed by atoms with Crippen LogP contribution in [0.2, 0.25) is 0 Å². The van der Waals surface area contributed by atoms with E-state index in [2.05, 4.69) is 20.8 Å². The van der Waals surface area contributed by atoms with Crippen molar-refractivity contribution in [3.05, 3.63) is 28.8 Å². The Balaban J connectivity index is 3.17. The summed E-state index contributed by atoms with van der Waals surface area (Å²) in [6.07, 6.45) is 1.27. The monoisotopic (exact) mass is 393 g/mol. The highest BCUT2D eigenvalue weighted by Crippen LogP contribution is 2.35. The molecule has 0 saturated carbocycles. The molecule has 5 heteroatoms. The highest BCUT2D eigenvalue weighted by atomic mass is 16.3. The predicted molar refractivity (Wildman–Crippen MR) is 114 cm³/mol. The van der Waals surface area contributed by atoms with Crippen LogP contribution in [0, 0.1) is 6.92 Å². The second kappa shape index (κ2) is 8.83. The number of phenols is 1. The van der Waals surface area contributed by atoms with Crippen molar-refractivity contribution in [3.63, 3.8) is 0 Å². The number of carbonyl (C=O) groups is 1. The van der Waals surface area contributed by atoms with Crippen LogP contribution in [-0.4, -0.2) is 50.4 Å². The van der Waals surface area contributed by atoms with Crippen LogP contribution in [0.25, 0.3) is 0 Å². The van der Waals surface area contributed by atoms with E-state index in [-0.39, 0.29) is 31.0 Å². The number of phenolic OH excluding ortho intramolecular Hbond substituents is 1. The summed E-state index contributed by atoms with van der Waals surface area (Å²) in [6, 6.07) is 3.90. The van der Waals surface area contributed by atoms with Gasteiger partial charge in [-0.1, -0.05) is 39.8 Å². The summed E-state index contributed by atoms with van der Waals surface area (Å²) in [7, 11) is 0. The Bertz CT molecular complexity index is 671. The van der Waals surface area contributed by atoms with E-state index < -0.39 is 11.1 Å². The standard InChI is InChI=1S/C23H39NO4/c1-9-23(14-25,15-26)24(22(6,7)8)19(27)11-10-17-12-16(2)20(28)18(13-17)21(3,4)5/h12-13,25-26,28H,9-11,14-15H2,1-8H3. The van der Waals surface area contributed by atoms with Gasteiger partial charge in [0.15, 0.2) is 0 Å². The zero-order valence-corrected chi connectivity index (χ0v) is 18.9. The molecule has 0 radical (unpaired) electrons. The van der Waals surface area contributed by atoms with E-state index in [0.717, 1.165) is 16.7 Å². The molecule has 0 atom stereocenters. The molecule has 1 aromatic carbocycles. The van der Waals surface area contributed by atoms with E-state index in [9.17, 15) is 20.1 Å². The van der Waals surface area contributed by atoms with E-state index in [0.29, 0.717) is 18.6 Å². The maximum absolute atomic E-state index is 13.2. The average molecular weight is 394 g/mol. The van der Waals surface area contributed by atoms with Crippen LogP contribution in [0.4, 0.5) is 0 Å². The van der Waals surface area contributed by atoms with Gasteiger partial charge in [0.1, 0.15) is 5.75 Å². The van der Waals surface area contributed by atoms with Crippen molar-refractivity contribution in [1.82, 2.24) is 4.90 Å². The summed E-state index contributed by atoms with van der Waals surface area (Å²) >= 11 is 0. The van der Waals surface area contributed by atoms with E-state index in [1.807, 2.05) is 46.8 Å². The smallest absolute Gasteiger partial charge is 0.223 e. The molecule has 28 heavy (non-hydrogen) atoms. The molecule has 0 aromatic heterocycles. The molecule has 0 aliphatic carbocycles. The number of aliphatic hydroxyl groups excluding tert-OH is 2. The number of aromatic hydroxyl groups is 1. The number of aliphatic hydroxyl groups is 2. The van der Waals surface area contributed by atoms with Crippen LogP contribution in [-0.2, 0) is 16.6 Å². The molecule has 0 unspecified atom stereocenters. The fourth-order valence-electron chi connectivity index (χ4n) is 3.86. The van der Waals surface area contributed by atoms with E-state index >= 15 is 0 Å². The van der Waals surface area contributed by atoms with Crippen molar-refractivity contribution in [2.45, 2.75) is 91.1 Å². The summed E-state index contributed by atoms with van der Waals surface area (Å²) < 4.78 is 0. The molecular formula is C23H39NO4. The average Bonchev–Trinajstić information content (AvgIpc) is 2.58. The fraction of sp³-hybridized carbons (Fsp3) is 0.696. The van der Waals surface area contributed by atoms with Gasteiger partial charge in [-0.2, -0.15) is 0 Å². The zero-order chi connectivity index (χ0) is 21.9. The van der Waals surface area contributed by atoms with E-state index in [1.54, 1.807) is 4.90 Å². The van der Waals surface area contributed by atoms with Gasteiger partial charge in [0.2, 0.25) is 5.91 Å². The number of aryl methyl sites for hydroxylation is 2. The Kier molecular flexibility index (Phi) is 7.71. The quantitative estimate of drug-likeness (QED) is 0.660. The van der Waals surface area contributed by atoms with Crippen LogP contribution >= 0.6 is 0 Å². The lowest BCUT2D eigenvalue weighted by molar-refractivity contribution is -0.152. The first-order chi connectivity index (χ1) is 12.7. The molecule has 0 saturated heterocycles. The number of benzene rings is 1. The number of carbonyl (C=O) groups excluding carboxylic acids is 1. The second-order valence-corrected chi connectivity index (χ2v) is 9.85. The number of hydrogen-bond donors (Lipinski definition) is 3. The van der Waals surface area contributed by atoms with Gasteiger partial charge < -0.3 is 20.2 Å². The van der Waals surface area contributed by atoms with E-state index in [1.165, 1.54) is 0 Å². The van der Waals surface area contributed by atoms with Gasteiger partial charge in [0, 0.05) is 12.0 Å². The lowest BCUT2D eigenvalue weighted by Crippen LogP contribution is -2.63. The predicted octanol–water partition coefficient (Wildman–Crippen LogP) is 3.69. The second-order valence-electron chi connectivity index (χ2n) is 9.85. The number of amides is 1. The Morgan fingerprint density at radius 3 is 1.96 bits per heavy atom. The van der Waals surface area contributed by atoms with Crippen LogP contribution < -0.4 is 0 Å². The molecule has 3 N–H and O–H groups in total. The summed E-state index contributed by atoms with van der Waals surface area (Å²) in [6.45, 7) is 15.1. The maximum Gasteiger partial charge on any atom is 0.223 e. The number of nitrogens with zero attached hydrogens (tertiary/aromatic N) is 1. The Labute approximate surface area is 170 Å². The largest absolute Gasteiger partial charge is 0.507 e. The minimum atomic E-state index is -0.975. The summed E-state index contributed by atoms with van der Waals surface area (Å²) in [4.78, 5) is 14.8. The first-order valence-corrected chi connectivity index (χ1v) is 10.1. The molecule has 0 bridgehead atoms. The van der Waals surface area contributed by atoms with Gasteiger partial charge >= 0.3 is 0 Å². The van der Waals surface area contributed by atoms with Crippen LogP contribution in [0.5, 0.6) is 5.75 Å². The SMILES string of the molecule is CCC(CO)(CO)N(C(=O)CCc1cc(C)c(O)c(C(C)(C)C)c1)C(C)(C)C. The van der Waals surface area contributed by atoms with Crippen molar-refractivity contribution >= 4 is 5.91 Å². The molecule has 1 rings (SSSR count). The summed E-state index contributed by atoms with van der Waals surface area (Å²) in [5.74, 6) is 0.213. The van der Waals surface area contributed by atoms with Gasteiger partial charge in [-0.15, -0.1) is 0 Å². The van der Waals surface area contributed by atoms with Crippen molar-refractivity contribution in [1.29, 1.82) is 0 Å². The van der Waals surface area contributed by atoms with Gasteiger partial charge in [0.05, 0.1) is 18.8 Å². The number of rotatable bonds is 7. The first kappa shape index (κ1) is 24.4. The third-order valence-electron chi connectivity index (χ3n) is 5.44. The van der Waals surface area contributed by atoms with Gasteiger partial charge in [-0.05, 0) is 62.6 Å². The van der Waals surface area contributed by atoms with Crippen LogP contribution in [0.1, 0.15) is 78.0 Å². The van der Waals surface area contributed by atoms with Crippen LogP contribution in [0.3, 0.4) is 0 Å². The topological polar surface area (TPSA) is 81.0 Å². The zero-order valence-electron chi connectivity index (χ0n) is 18.9. The Hall–Kier alpha value is -1.59. The van der Waals surface area contributed by atoms with Gasteiger partial charge in [-0.25, -0.2) is 0 Å². The highest BCUT2D eigenvalue weighted by molar-refractivity contribution is 5.78. The summed E-state index contributed by atoms with van der Waals surface area (Å²) in [5, 5.41) is 30.3. The molecular weight excluding hydrogens is 354 g/mol. The van der Waals surface area contributed by atoms with Gasteiger partial charge in [-0.3, -0.25) is 4.79 Å². The lowest BCUT2D eigenvalue weighted by atomic mass is 9.83. The lowest BCUT2D eigenvalue weighted by Gasteiger charge is -2.49. The fourth-order valence-corrected chi connectivity index (χ4v) is 3.86. The maximum atomic E-state index is 13.2. The van der Waals surface area contributed by atoms with Crippen LogP contribution in [0.15, 0.2) is 12.1 Å². The molecule has 1 aromatic rings. The third kappa shape index (κ3) is 5.26. The minimum Gasteiger partial charge on any atom is -0.507 e. The van der Waals surface area contributed by atoms with Crippen molar-refractivity contribution in [3.8, 4) is 5.75 Å². The van der Waals surface area contributed by atoms with Gasteiger partial charge in [0.25, 0.3) is 0 Å². The molecule has 160 valence electrons. The molecule has 0 aliphatic rings. The molecule has 0 aliphatic heterocycles. The van der Waals surface area contributed by atoms with Crippen molar-refractivity contribution < 1.29 is 20.1 Å². The highest BCUT2D eigenvalue weighted by Gasteiger charge is 2.43. The normalized spacial score (nSPS) is 12.9. The minimum absolute atomic E-state index is 0.0968. The number of hydrogen-bond acceptors (Lipinski definition) is 4. The Morgan fingerprint density at radius 1 is 1.04 bits per heavy atom.